The third-order valence-electron chi connectivity index (χ3n) is 3.97. The van der Waals surface area contributed by atoms with Crippen LogP contribution in [0, 0.1) is 0 Å². The lowest BCUT2D eigenvalue weighted by Gasteiger charge is -2.22. The zero-order valence-corrected chi connectivity index (χ0v) is 18.6. The Labute approximate surface area is 175 Å². The van der Waals surface area contributed by atoms with Gasteiger partial charge in [0.1, 0.15) is 11.6 Å². The summed E-state index contributed by atoms with van der Waals surface area (Å²) in [5, 5.41) is 2.52. The number of hydrogen-bond acceptors (Lipinski definition) is 5. The quantitative estimate of drug-likeness (QED) is 0.776. The average Bonchev–Trinajstić information content (AvgIpc) is 2.95. The molecule has 2 amide bonds. The highest BCUT2D eigenvalue weighted by Gasteiger charge is 2.23. The van der Waals surface area contributed by atoms with E-state index >= 15 is 0 Å². The average molecular weight is 420 g/mol. The van der Waals surface area contributed by atoms with Crippen molar-refractivity contribution in [2.24, 2.45) is 5.73 Å². The summed E-state index contributed by atoms with van der Waals surface area (Å²) in [7, 11) is 0. The first-order chi connectivity index (χ1) is 13.3. The van der Waals surface area contributed by atoms with Gasteiger partial charge in [0.05, 0.1) is 10.4 Å². The van der Waals surface area contributed by atoms with Crippen LogP contribution in [-0.2, 0) is 21.5 Å². The molecule has 29 heavy (non-hydrogen) atoms. The van der Waals surface area contributed by atoms with Crippen molar-refractivity contribution in [1.29, 1.82) is 0 Å². The van der Waals surface area contributed by atoms with Gasteiger partial charge < -0.3 is 15.8 Å². The number of carbonyl (C=O) groups excluding carboxylic acids is 2. The standard InChI is InChI=1S/C21H29N3O4S/c1-20(2,3)24-17(25)12-16(29-24)14-9-7-13(8-10-14)11-15(18(22)26)23-19(27)28-21(4,5)6/h7-10,12,15H,11H2,1-6H3,(H2,22,26)(H,23,27)/t15-/m0/s1. The number of nitrogens with one attached hydrogen (secondary N) is 1. The van der Waals surface area contributed by atoms with Crippen LogP contribution in [-0.4, -0.2) is 27.6 Å². The molecule has 0 saturated carbocycles. The molecule has 0 fully saturated rings. The molecular formula is C21H29N3O4S. The second-order valence-electron chi connectivity index (χ2n) is 8.91. The Kier molecular flexibility index (Phi) is 6.57. The third-order valence-corrected chi connectivity index (χ3v) is 5.43. The second kappa shape index (κ2) is 8.41. The van der Waals surface area contributed by atoms with Crippen LogP contribution >= 0.6 is 11.5 Å². The molecule has 2 rings (SSSR count). The van der Waals surface area contributed by atoms with Gasteiger partial charge in [-0.1, -0.05) is 35.8 Å². The fourth-order valence-corrected chi connectivity index (χ4v) is 3.67. The van der Waals surface area contributed by atoms with Gasteiger partial charge in [-0.2, -0.15) is 0 Å². The molecule has 0 saturated heterocycles. The van der Waals surface area contributed by atoms with Crippen molar-refractivity contribution in [3.63, 3.8) is 0 Å². The van der Waals surface area contributed by atoms with Gasteiger partial charge in [-0.25, -0.2) is 4.79 Å². The van der Waals surface area contributed by atoms with Crippen molar-refractivity contribution in [2.45, 2.75) is 65.1 Å². The van der Waals surface area contributed by atoms with E-state index in [9.17, 15) is 14.4 Å². The van der Waals surface area contributed by atoms with Crippen LogP contribution in [0.3, 0.4) is 0 Å². The van der Waals surface area contributed by atoms with Crippen LogP contribution in [0.25, 0.3) is 10.4 Å². The van der Waals surface area contributed by atoms with Crippen molar-refractivity contribution in [1.82, 2.24) is 9.27 Å². The van der Waals surface area contributed by atoms with Gasteiger partial charge in [0.2, 0.25) is 5.91 Å². The minimum absolute atomic E-state index is 0.0306. The predicted molar refractivity (Wildman–Crippen MR) is 115 cm³/mol. The van der Waals surface area contributed by atoms with Gasteiger partial charge >= 0.3 is 6.09 Å². The summed E-state index contributed by atoms with van der Waals surface area (Å²) >= 11 is 1.41. The smallest absolute Gasteiger partial charge is 0.408 e. The van der Waals surface area contributed by atoms with Gasteiger partial charge in [0.15, 0.2) is 0 Å². The van der Waals surface area contributed by atoms with E-state index in [4.69, 9.17) is 10.5 Å². The van der Waals surface area contributed by atoms with Crippen molar-refractivity contribution in [2.75, 3.05) is 0 Å². The summed E-state index contributed by atoms with van der Waals surface area (Å²) in [6, 6.07) is 8.23. The monoisotopic (exact) mass is 419 g/mol. The molecule has 3 N–H and O–H groups in total. The minimum Gasteiger partial charge on any atom is -0.444 e. The molecule has 1 atom stereocenters. The molecule has 0 radical (unpaired) electrons. The first-order valence-corrected chi connectivity index (χ1v) is 10.2. The predicted octanol–water partition coefficient (Wildman–Crippen LogP) is 3.25. The Morgan fingerprint density at radius 1 is 1.14 bits per heavy atom. The van der Waals surface area contributed by atoms with Gasteiger partial charge in [0, 0.05) is 12.5 Å². The van der Waals surface area contributed by atoms with Gasteiger partial charge in [-0.05, 0) is 52.7 Å². The summed E-state index contributed by atoms with van der Waals surface area (Å²) in [6.45, 7) is 11.2. The number of rotatable bonds is 5. The highest BCUT2D eigenvalue weighted by molar-refractivity contribution is 7.10. The maximum atomic E-state index is 12.2. The molecule has 0 bridgehead atoms. The van der Waals surface area contributed by atoms with Crippen molar-refractivity contribution < 1.29 is 14.3 Å². The maximum Gasteiger partial charge on any atom is 0.408 e. The summed E-state index contributed by atoms with van der Waals surface area (Å²) in [6.07, 6.45) is -0.445. The van der Waals surface area contributed by atoms with Crippen LogP contribution in [0.5, 0.6) is 0 Å². The Balaban J connectivity index is 2.14. The van der Waals surface area contributed by atoms with Crippen LogP contribution in [0.1, 0.15) is 47.1 Å². The highest BCUT2D eigenvalue weighted by Crippen LogP contribution is 2.27. The molecule has 0 unspecified atom stereocenters. The van der Waals surface area contributed by atoms with Gasteiger partial charge in [-0.15, -0.1) is 0 Å². The van der Waals surface area contributed by atoms with E-state index in [1.54, 1.807) is 30.8 Å². The molecule has 1 heterocycles. The summed E-state index contributed by atoms with van der Waals surface area (Å²) in [4.78, 5) is 36.8. The largest absolute Gasteiger partial charge is 0.444 e. The van der Waals surface area contributed by atoms with E-state index in [1.807, 2.05) is 45.0 Å². The van der Waals surface area contributed by atoms with E-state index in [-0.39, 0.29) is 17.5 Å². The molecule has 2 aromatic rings. The first kappa shape index (κ1) is 22.7. The van der Waals surface area contributed by atoms with Gasteiger partial charge in [-0.3, -0.25) is 13.5 Å². The summed E-state index contributed by atoms with van der Waals surface area (Å²) in [5.74, 6) is -0.639. The number of ether oxygens (including phenoxy) is 1. The molecule has 0 aliphatic carbocycles. The van der Waals surface area contributed by atoms with Crippen LogP contribution in [0.15, 0.2) is 35.1 Å². The van der Waals surface area contributed by atoms with Crippen LogP contribution in [0.2, 0.25) is 0 Å². The number of primary amides is 1. The van der Waals surface area contributed by atoms with E-state index in [0.717, 1.165) is 16.0 Å². The molecule has 1 aromatic carbocycles. The molecule has 0 aliphatic heterocycles. The Bertz CT molecular complexity index is 931. The topological polar surface area (TPSA) is 103 Å². The number of alkyl carbamates (subject to hydrolysis) is 1. The lowest BCUT2D eigenvalue weighted by Crippen LogP contribution is -2.47. The zero-order chi connectivity index (χ0) is 22.0. The molecule has 7 nitrogen and oxygen atoms in total. The van der Waals surface area contributed by atoms with Crippen LogP contribution in [0.4, 0.5) is 4.79 Å². The molecule has 158 valence electrons. The Morgan fingerprint density at radius 3 is 2.17 bits per heavy atom. The molecule has 0 spiro atoms. The fraction of sp³-hybridized carbons (Fsp3) is 0.476. The maximum absolute atomic E-state index is 12.2. The number of aromatic nitrogens is 1. The van der Waals surface area contributed by atoms with E-state index in [1.165, 1.54) is 11.5 Å². The molecule has 8 heteroatoms. The molecule has 0 aliphatic rings. The molecular weight excluding hydrogens is 390 g/mol. The number of benzene rings is 1. The third kappa shape index (κ3) is 6.45. The van der Waals surface area contributed by atoms with E-state index in [2.05, 4.69) is 5.32 Å². The zero-order valence-electron chi connectivity index (χ0n) is 17.7. The second-order valence-corrected chi connectivity index (χ2v) is 9.89. The lowest BCUT2D eigenvalue weighted by atomic mass is 10.0. The number of amides is 2. The number of nitrogens with two attached hydrogens (primary N) is 1. The normalized spacial score (nSPS) is 13.0. The van der Waals surface area contributed by atoms with Crippen molar-refractivity contribution in [3.8, 4) is 10.4 Å². The fourth-order valence-electron chi connectivity index (χ4n) is 2.66. The van der Waals surface area contributed by atoms with Gasteiger partial charge in [0.25, 0.3) is 5.56 Å². The Morgan fingerprint density at radius 2 is 1.72 bits per heavy atom. The lowest BCUT2D eigenvalue weighted by molar-refractivity contribution is -0.120. The Hall–Kier alpha value is -2.61. The van der Waals surface area contributed by atoms with E-state index in [0.29, 0.717) is 0 Å². The number of nitrogens with zero attached hydrogens (tertiary/aromatic N) is 1. The summed E-state index contributed by atoms with van der Waals surface area (Å²) in [5.41, 5.74) is 6.20. The molecule has 1 aromatic heterocycles. The minimum atomic E-state index is -0.881. The van der Waals surface area contributed by atoms with Crippen molar-refractivity contribution in [3.05, 3.63) is 46.2 Å². The van der Waals surface area contributed by atoms with Crippen molar-refractivity contribution >= 4 is 23.5 Å². The number of hydrogen-bond donors (Lipinski definition) is 2. The first-order valence-electron chi connectivity index (χ1n) is 9.38. The SMILES string of the molecule is CC(C)(C)OC(=O)N[C@@H](Cc1ccc(-c2cc(=O)n(C(C)(C)C)s2)cc1)C(N)=O. The van der Waals surface area contributed by atoms with Crippen LogP contribution < -0.4 is 16.6 Å². The number of carbonyl (C=O) groups is 2. The summed E-state index contributed by atoms with van der Waals surface area (Å²) < 4.78 is 6.93. The highest BCUT2D eigenvalue weighted by atomic mass is 32.1. The van der Waals surface area contributed by atoms with E-state index < -0.39 is 23.6 Å².